The summed E-state index contributed by atoms with van der Waals surface area (Å²) < 4.78 is 4.89. The summed E-state index contributed by atoms with van der Waals surface area (Å²) in [5, 5.41) is 0. The Hall–Kier alpha value is -1.29. The summed E-state index contributed by atoms with van der Waals surface area (Å²) in [5.41, 5.74) is 0.636. The molecule has 0 radical (unpaired) electrons. The van der Waals surface area contributed by atoms with Crippen LogP contribution in [0.3, 0.4) is 0 Å². The van der Waals surface area contributed by atoms with Gasteiger partial charge >= 0.3 is 5.97 Å². The Kier molecular flexibility index (Phi) is 3.29. The molecule has 0 N–H and O–H groups in total. The van der Waals surface area contributed by atoms with Gasteiger partial charge in [0.25, 0.3) is 0 Å². The number of carbonyl (C=O) groups is 2. The molecule has 1 aromatic carbocycles. The Morgan fingerprint density at radius 3 is 3.00 bits per heavy atom. The largest absolute Gasteiger partial charge is 0.465 e. The lowest BCUT2D eigenvalue weighted by atomic mass is 9.99. The summed E-state index contributed by atoms with van der Waals surface area (Å²) in [6.45, 7) is 2.06. The Morgan fingerprint density at radius 1 is 1.50 bits per heavy atom. The van der Waals surface area contributed by atoms with E-state index in [0.717, 1.165) is 4.90 Å². The second-order valence-electron chi connectivity index (χ2n) is 3.48. The maximum atomic E-state index is 12.0. The van der Waals surface area contributed by atoms with E-state index in [1.807, 2.05) is 18.2 Å². The summed E-state index contributed by atoms with van der Waals surface area (Å²) in [6, 6.07) is 7.37. The van der Waals surface area contributed by atoms with Crippen molar-refractivity contribution in [3.05, 3.63) is 29.8 Å². The van der Waals surface area contributed by atoms with Crippen molar-refractivity contribution in [2.75, 3.05) is 12.4 Å². The summed E-state index contributed by atoms with van der Waals surface area (Å²) in [5.74, 6) is -0.684. The predicted molar refractivity (Wildman–Crippen MR) is 61.6 cm³/mol. The normalized spacial score (nSPS) is 19.1. The van der Waals surface area contributed by atoms with Crippen LogP contribution in [0.25, 0.3) is 0 Å². The quantitative estimate of drug-likeness (QED) is 0.583. The molecule has 0 amide bonds. The first-order valence-corrected chi connectivity index (χ1v) is 6.15. The third-order valence-corrected chi connectivity index (χ3v) is 3.61. The van der Waals surface area contributed by atoms with Gasteiger partial charge in [-0.2, -0.15) is 0 Å². The van der Waals surface area contributed by atoms with Crippen LogP contribution in [0.15, 0.2) is 29.2 Å². The fraction of sp³-hybridized carbons (Fsp3) is 0.333. The highest BCUT2D eigenvalue weighted by molar-refractivity contribution is 7.99. The molecular formula is C12H12O3S. The molecule has 1 heterocycles. The van der Waals surface area contributed by atoms with Gasteiger partial charge in [0.15, 0.2) is 5.78 Å². The molecule has 1 aliphatic heterocycles. The number of rotatable bonds is 2. The molecule has 1 aromatic rings. The fourth-order valence-corrected chi connectivity index (χ4v) is 2.78. The summed E-state index contributed by atoms with van der Waals surface area (Å²) in [4.78, 5) is 24.5. The van der Waals surface area contributed by atoms with Crippen LogP contribution in [-0.2, 0) is 9.53 Å². The van der Waals surface area contributed by atoms with Gasteiger partial charge in [0, 0.05) is 16.2 Å². The van der Waals surface area contributed by atoms with Crippen LogP contribution in [-0.4, -0.2) is 24.1 Å². The van der Waals surface area contributed by atoms with Crippen molar-refractivity contribution < 1.29 is 14.3 Å². The molecular weight excluding hydrogens is 224 g/mol. The number of Topliss-reactive ketones (excluding diaryl/α,β-unsaturated/α-hetero) is 1. The highest BCUT2D eigenvalue weighted by atomic mass is 32.2. The monoisotopic (exact) mass is 236 g/mol. The molecule has 2 rings (SSSR count). The number of ketones is 1. The van der Waals surface area contributed by atoms with Crippen molar-refractivity contribution in [3.63, 3.8) is 0 Å². The van der Waals surface area contributed by atoms with Crippen LogP contribution in [0.4, 0.5) is 0 Å². The van der Waals surface area contributed by atoms with Gasteiger partial charge in [-0.05, 0) is 13.0 Å². The lowest BCUT2D eigenvalue weighted by Crippen LogP contribution is -2.31. The standard InChI is InChI=1S/C12H12O3S/c1-2-15-12(14)9-7-16-10-6-4-3-5-8(10)11(9)13/h3-6,9H,2,7H2,1H3/t9-/m0/s1. The maximum absolute atomic E-state index is 12.0. The molecule has 0 aliphatic carbocycles. The van der Waals surface area contributed by atoms with Gasteiger partial charge in [-0.3, -0.25) is 9.59 Å². The van der Waals surface area contributed by atoms with Gasteiger partial charge in [-0.1, -0.05) is 18.2 Å². The lowest BCUT2D eigenvalue weighted by Gasteiger charge is -2.20. The Labute approximate surface area is 98.2 Å². The molecule has 0 saturated heterocycles. The smallest absolute Gasteiger partial charge is 0.317 e. The first kappa shape index (κ1) is 11.2. The van der Waals surface area contributed by atoms with Crippen LogP contribution in [0, 0.1) is 5.92 Å². The SMILES string of the molecule is CCOC(=O)[C@H]1CSc2ccccc2C1=O. The Morgan fingerprint density at radius 2 is 2.25 bits per heavy atom. The number of carbonyl (C=O) groups excluding carboxylic acids is 2. The second kappa shape index (κ2) is 4.70. The molecule has 4 heteroatoms. The van der Waals surface area contributed by atoms with Crippen LogP contribution in [0.5, 0.6) is 0 Å². The molecule has 0 bridgehead atoms. The van der Waals surface area contributed by atoms with Gasteiger partial charge in [-0.15, -0.1) is 11.8 Å². The number of fused-ring (bicyclic) bond motifs is 1. The van der Waals surface area contributed by atoms with Crippen molar-refractivity contribution >= 4 is 23.5 Å². The van der Waals surface area contributed by atoms with Crippen LogP contribution in [0.1, 0.15) is 17.3 Å². The summed E-state index contributed by atoms with van der Waals surface area (Å²) >= 11 is 1.53. The highest BCUT2D eigenvalue weighted by Gasteiger charge is 2.34. The van der Waals surface area contributed by atoms with E-state index in [1.54, 1.807) is 13.0 Å². The van der Waals surface area contributed by atoms with E-state index >= 15 is 0 Å². The maximum Gasteiger partial charge on any atom is 0.317 e. The van der Waals surface area contributed by atoms with Crippen LogP contribution >= 0.6 is 11.8 Å². The zero-order chi connectivity index (χ0) is 11.5. The van der Waals surface area contributed by atoms with Gasteiger partial charge in [0.2, 0.25) is 0 Å². The van der Waals surface area contributed by atoms with Crippen LogP contribution in [0.2, 0.25) is 0 Å². The molecule has 1 aliphatic rings. The van der Waals surface area contributed by atoms with E-state index in [-0.39, 0.29) is 5.78 Å². The van der Waals surface area contributed by atoms with E-state index in [9.17, 15) is 9.59 Å². The highest BCUT2D eigenvalue weighted by Crippen LogP contribution is 2.33. The number of thioether (sulfide) groups is 1. The molecule has 0 spiro atoms. The molecule has 0 aromatic heterocycles. The van der Waals surface area contributed by atoms with E-state index in [1.165, 1.54) is 11.8 Å². The number of ether oxygens (including phenoxy) is 1. The van der Waals surface area contributed by atoms with Crippen LogP contribution < -0.4 is 0 Å². The van der Waals surface area contributed by atoms with Gasteiger partial charge in [0.1, 0.15) is 5.92 Å². The molecule has 0 saturated carbocycles. The topological polar surface area (TPSA) is 43.4 Å². The first-order valence-electron chi connectivity index (χ1n) is 5.16. The van der Waals surface area contributed by atoms with Gasteiger partial charge in [0.05, 0.1) is 6.61 Å². The minimum Gasteiger partial charge on any atom is -0.465 e. The second-order valence-corrected chi connectivity index (χ2v) is 4.54. The van der Waals surface area contributed by atoms with Crippen molar-refractivity contribution in [2.45, 2.75) is 11.8 Å². The van der Waals surface area contributed by atoms with Crippen molar-refractivity contribution in [1.82, 2.24) is 0 Å². The Balaban J connectivity index is 2.24. The molecule has 0 fully saturated rings. The summed E-state index contributed by atoms with van der Waals surface area (Å²) in [6.07, 6.45) is 0. The van der Waals surface area contributed by atoms with E-state index in [4.69, 9.17) is 4.74 Å². The lowest BCUT2D eigenvalue weighted by molar-refractivity contribution is -0.145. The zero-order valence-electron chi connectivity index (χ0n) is 8.93. The minimum atomic E-state index is -0.639. The third-order valence-electron chi connectivity index (χ3n) is 2.45. The summed E-state index contributed by atoms with van der Waals surface area (Å²) in [7, 11) is 0. The molecule has 16 heavy (non-hydrogen) atoms. The molecule has 0 unspecified atom stereocenters. The van der Waals surface area contributed by atoms with E-state index < -0.39 is 11.9 Å². The van der Waals surface area contributed by atoms with E-state index in [0.29, 0.717) is 17.9 Å². The number of benzene rings is 1. The molecule has 1 atom stereocenters. The molecule has 3 nitrogen and oxygen atoms in total. The number of hydrogen-bond donors (Lipinski definition) is 0. The number of esters is 1. The minimum absolute atomic E-state index is 0.118. The van der Waals surface area contributed by atoms with E-state index in [2.05, 4.69) is 0 Å². The zero-order valence-corrected chi connectivity index (χ0v) is 9.75. The fourth-order valence-electron chi connectivity index (χ4n) is 1.65. The van der Waals surface area contributed by atoms with Gasteiger partial charge in [-0.25, -0.2) is 0 Å². The average Bonchev–Trinajstić information content (AvgIpc) is 2.30. The first-order chi connectivity index (χ1) is 7.74. The predicted octanol–water partition coefficient (Wildman–Crippen LogP) is 2.15. The Bertz CT molecular complexity index is 428. The van der Waals surface area contributed by atoms with Crippen molar-refractivity contribution in [1.29, 1.82) is 0 Å². The van der Waals surface area contributed by atoms with Gasteiger partial charge < -0.3 is 4.74 Å². The molecule has 84 valence electrons. The van der Waals surface area contributed by atoms with Crippen molar-refractivity contribution in [3.8, 4) is 0 Å². The number of hydrogen-bond acceptors (Lipinski definition) is 4. The average molecular weight is 236 g/mol. The van der Waals surface area contributed by atoms with Crippen molar-refractivity contribution in [2.24, 2.45) is 5.92 Å². The third kappa shape index (κ3) is 1.97.